The molecule has 2 saturated heterocycles. The molecule has 2 aliphatic rings. The second kappa shape index (κ2) is 8.30. The highest BCUT2D eigenvalue weighted by molar-refractivity contribution is 8.01. The maximum Gasteiger partial charge on any atom is 0.233 e. The number of nitrogens with zero attached hydrogens (tertiary/aromatic N) is 3. The number of anilines is 1. The monoisotopic (exact) mass is 356 g/mol. The first kappa shape index (κ1) is 17.0. The Labute approximate surface area is 145 Å². The summed E-state index contributed by atoms with van der Waals surface area (Å²) in [6, 6.07) is 0.370. The van der Waals surface area contributed by atoms with Crippen LogP contribution in [0.15, 0.2) is 4.34 Å². The van der Waals surface area contributed by atoms with E-state index in [2.05, 4.69) is 22.4 Å². The van der Waals surface area contributed by atoms with Crippen molar-refractivity contribution in [2.24, 2.45) is 0 Å². The lowest BCUT2D eigenvalue weighted by Crippen LogP contribution is -2.42. The average Bonchev–Trinajstić information content (AvgIpc) is 3.22. The maximum absolute atomic E-state index is 12.3. The van der Waals surface area contributed by atoms with Crippen molar-refractivity contribution >= 4 is 34.1 Å². The van der Waals surface area contributed by atoms with Crippen LogP contribution in [0.3, 0.4) is 0 Å². The topological polar surface area (TPSA) is 67.4 Å². The van der Waals surface area contributed by atoms with Gasteiger partial charge in [-0.1, -0.05) is 23.1 Å². The molecule has 0 aliphatic carbocycles. The average molecular weight is 357 g/mol. The minimum atomic E-state index is 0.214. The number of rotatable bonds is 6. The molecule has 0 radical (unpaired) electrons. The number of carbonyl (C=O) groups is 1. The van der Waals surface area contributed by atoms with Gasteiger partial charge in [-0.3, -0.25) is 4.79 Å². The second-order valence-corrected chi connectivity index (χ2v) is 8.31. The molecule has 1 N–H and O–H groups in total. The smallest absolute Gasteiger partial charge is 0.233 e. The predicted octanol–water partition coefficient (Wildman–Crippen LogP) is 2.62. The number of carbonyl (C=O) groups excluding carboxylic acids is 1. The maximum atomic E-state index is 12.3. The third kappa shape index (κ3) is 4.81. The molecule has 6 nitrogen and oxygen atoms in total. The van der Waals surface area contributed by atoms with Crippen molar-refractivity contribution in [1.82, 2.24) is 15.1 Å². The Morgan fingerprint density at radius 2 is 2.30 bits per heavy atom. The van der Waals surface area contributed by atoms with Crippen LogP contribution in [0.1, 0.15) is 39.0 Å². The van der Waals surface area contributed by atoms with E-state index in [0.29, 0.717) is 11.8 Å². The summed E-state index contributed by atoms with van der Waals surface area (Å²) >= 11 is 2.99. The van der Waals surface area contributed by atoms with E-state index in [0.717, 1.165) is 54.9 Å². The minimum absolute atomic E-state index is 0.214. The molecule has 3 rings (SSSR count). The summed E-state index contributed by atoms with van der Waals surface area (Å²) in [5, 5.41) is 12.4. The minimum Gasteiger partial charge on any atom is -0.376 e. The van der Waals surface area contributed by atoms with Crippen LogP contribution in [0.2, 0.25) is 0 Å². The van der Waals surface area contributed by atoms with Crippen molar-refractivity contribution in [1.29, 1.82) is 0 Å². The van der Waals surface area contributed by atoms with E-state index in [1.807, 2.05) is 4.90 Å². The Balaban J connectivity index is 1.42. The zero-order valence-electron chi connectivity index (χ0n) is 13.5. The van der Waals surface area contributed by atoms with Gasteiger partial charge in [0.1, 0.15) is 0 Å². The number of ether oxygens (including phenoxy) is 1. The van der Waals surface area contributed by atoms with Gasteiger partial charge in [0.05, 0.1) is 11.9 Å². The normalized spacial score (nSPS) is 24.8. The Morgan fingerprint density at radius 1 is 1.39 bits per heavy atom. The van der Waals surface area contributed by atoms with Gasteiger partial charge in [-0.15, -0.1) is 10.2 Å². The summed E-state index contributed by atoms with van der Waals surface area (Å²) in [4.78, 5) is 14.3. The number of nitrogens with one attached hydrogen (secondary N) is 1. The summed E-state index contributed by atoms with van der Waals surface area (Å²) < 4.78 is 6.42. The molecule has 0 saturated carbocycles. The molecule has 0 aromatic carbocycles. The summed E-state index contributed by atoms with van der Waals surface area (Å²) in [5.74, 6) is 0.663. The van der Waals surface area contributed by atoms with E-state index >= 15 is 0 Å². The van der Waals surface area contributed by atoms with Crippen molar-refractivity contribution in [2.75, 3.05) is 30.8 Å². The largest absolute Gasteiger partial charge is 0.376 e. The number of aromatic nitrogens is 2. The number of hydrogen-bond acceptors (Lipinski definition) is 7. The molecule has 0 bridgehead atoms. The Bertz CT molecular complexity index is 519. The molecule has 0 unspecified atom stereocenters. The van der Waals surface area contributed by atoms with Gasteiger partial charge in [0, 0.05) is 25.7 Å². The zero-order valence-corrected chi connectivity index (χ0v) is 15.1. The highest BCUT2D eigenvalue weighted by Gasteiger charge is 2.23. The van der Waals surface area contributed by atoms with Crippen LogP contribution in [0.25, 0.3) is 0 Å². The standard InChI is InChI=1S/C15H24N4O2S2/c1-11-5-2-3-7-19(11)13(20)10-22-15-18-17-14(23-15)16-9-12-6-4-8-21-12/h11-12H,2-10H2,1H3,(H,16,17)/t11-,12-/m0/s1. The van der Waals surface area contributed by atoms with Crippen LogP contribution in [-0.4, -0.2) is 58.6 Å². The lowest BCUT2D eigenvalue weighted by Gasteiger charge is -2.33. The molecule has 128 valence electrons. The number of piperidine rings is 1. The Hall–Kier alpha value is -0.860. The zero-order chi connectivity index (χ0) is 16.1. The van der Waals surface area contributed by atoms with Crippen molar-refractivity contribution in [2.45, 2.75) is 55.5 Å². The van der Waals surface area contributed by atoms with Crippen LogP contribution >= 0.6 is 23.1 Å². The van der Waals surface area contributed by atoms with E-state index in [1.54, 1.807) is 0 Å². The summed E-state index contributed by atoms with van der Waals surface area (Å²) in [5.41, 5.74) is 0. The first-order valence-corrected chi connectivity index (χ1v) is 10.1. The van der Waals surface area contributed by atoms with Gasteiger partial charge in [0.25, 0.3) is 0 Å². The summed E-state index contributed by atoms with van der Waals surface area (Å²) in [6.07, 6.45) is 6.01. The molecule has 2 atom stereocenters. The molecular weight excluding hydrogens is 332 g/mol. The highest BCUT2D eigenvalue weighted by Crippen LogP contribution is 2.27. The number of hydrogen-bond donors (Lipinski definition) is 1. The molecule has 8 heteroatoms. The number of thioether (sulfide) groups is 1. The van der Waals surface area contributed by atoms with Crippen LogP contribution in [0.4, 0.5) is 5.13 Å². The van der Waals surface area contributed by atoms with E-state index < -0.39 is 0 Å². The van der Waals surface area contributed by atoms with Gasteiger partial charge >= 0.3 is 0 Å². The quantitative estimate of drug-likeness (QED) is 0.791. The molecule has 1 amide bonds. The molecule has 1 aromatic heterocycles. The first-order chi connectivity index (χ1) is 11.2. The van der Waals surface area contributed by atoms with E-state index in [4.69, 9.17) is 4.74 Å². The Morgan fingerprint density at radius 3 is 3.09 bits per heavy atom. The molecule has 23 heavy (non-hydrogen) atoms. The summed E-state index contributed by atoms with van der Waals surface area (Å²) in [7, 11) is 0. The van der Waals surface area contributed by atoms with Crippen LogP contribution in [0.5, 0.6) is 0 Å². The van der Waals surface area contributed by atoms with Gasteiger partial charge in [0.2, 0.25) is 11.0 Å². The van der Waals surface area contributed by atoms with Gasteiger partial charge in [-0.2, -0.15) is 0 Å². The predicted molar refractivity (Wildman–Crippen MR) is 93.1 cm³/mol. The van der Waals surface area contributed by atoms with Crippen molar-refractivity contribution in [3.05, 3.63) is 0 Å². The fraction of sp³-hybridized carbons (Fsp3) is 0.800. The van der Waals surface area contributed by atoms with Gasteiger partial charge in [-0.05, 0) is 39.0 Å². The molecule has 0 spiro atoms. The SMILES string of the molecule is C[C@H]1CCCCN1C(=O)CSc1nnc(NC[C@@H]2CCCO2)s1. The highest BCUT2D eigenvalue weighted by atomic mass is 32.2. The van der Waals surface area contributed by atoms with E-state index in [9.17, 15) is 4.79 Å². The third-order valence-corrected chi connectivity index (χ3v) is 6.35. The molecule has 2 aliphatic heterocycles. The van der Waals surface area contributed by atoms with Crippen LogP contribution < -0.4 is 5.32 Å². The van der Waals surface area contributed by atoms with E-state index in [1.165, 1.54) is 29.5 Å². The second-order valence-electron chi connectivity index (χ2n) is 6.11. The van der Waals surface area contributed by atoms with Crippen LogP contribution in [-0.2, 0) is 9.53 Å². The van der Waals surface area contributed by atoms with Crippen molar-refractivity contribution in [3.63, 3.8) is 0 Å². The molecule has 3 heterocycles. The van der Waals surface area contributed by atoms with Gasteiger partial charge < -0.3 is 15.0 Å². The van der Waals surface area contributed by atoms with Crippen molar-refractivity contribution < 1.29 is 9.53 Å². The van der Waals surface area contributed by atoms with E-state index in [-0.39, 0.29) is 12.0 Å². The Kier molecular flexibility index (Phi) is 6.13. The molecular formula is C15H24N4O2S2. The first-order valence-electron chi connectivity index (χ1n) is 8.33. The number of amides is 1. The van der Waals surface area contributed by atoms with Crippen LogP contribution in [0, 0.1) is 0 Å². The van der Waals surface area contributed by atoms with Crippen molar-refractivity contribution in [3.8, 4) is 0 Å². The third-order valence-electron chi connectivity index (χ3n) is 4.35. The fourth-order valence-corrected chi connectivity index (χ4v) is 4.67. The number of likely N-dealkylation sites (tertiary alicyclic amines) is 1. The lowest BCUT2D eigenvalue weighted by molar-refractivity contribution is -0.131. The lowest BCUT2D eigenvalue weighted by atomic mass is 10.0. The van der Waals surface area contributed by atoms with Gasteiger partial charge in [0.15, 0.2) is 4.34 Å². The molecule has 2 fully saturated rings. The molecule has 1 aromatic rings. The summed E-state index contributed by atoms with van der Waals surface area (Å²) in [6.45, 7) is 4.68. The van der Waals surface area contributed by atoms with Gasteiger partial charge in [-0.25, -0.2) is 0 Å². The fourth-order valence-electron chi connectivity index (χ4n) is 3.02.